The number of alkyl carbamates (subject to hydrolysis) is 1. The SMILES string of the molecule is COc1ccc(-n2c(C)nnc2SCC(=O)NCCNC(=O)OC(C)(C)C)cc1. The predicted molar refractivity (Wildman–Crippen MR) is 111 cm³/mol. The van der Waals surface area contributed by atoms with Crippen LogP contribution in [-0.4, -0.2) is 58.3 Å². The number of ether oxygens (including phenoxy) is 2. The van der Waals surface area contributed by atoms with Crippen molar-refractivity contribution in [2.24, 2.45) is 0 Å². The van der Waals surface area contributed by atoms with E-state index in [2.05, 4.69) is 20.8 Å². The molecule has 29 heavy (non-hydrogen) atoms. The largest absolute Gasteiger partial charge is 0.497 e. The van der Waals surface area contributed by atoms with Crippen LogP contribution < -0.4 is 15.4 Å². The van der Waals surface area contributed by atoms with E-state index in [1.165, 1.54) is 11.8 Å². The molecule has 0 saturated heterocycles. The monoisotopic (exact) mass is 421 g/mol. The summed E-state index contributed by atoms with van der Waals surface area (Å²) in [5, 5.41) is 14.2. The van der Waals surface area contributed by atoms with Crippen molar-refractivity contribution in [1.82, 2.24) is 25.4 Å². The molecule has 0 atom stereocenters. The second-order valence-electron chi connectivity index (χ2n) is 7.13. The van der Waals surface area contributed by atoms with E-state index in [0.29, 0.717) is 11.7 Å². The minimum absolute atomic E-state index is 0.164. The molecule has 0 spiro atoms. The van der Waals surface area contributed by atoms with Crippen LogP contribution in [0.1, 0.15) is 26.6 Å². The molecule has 0 fully saturated rings. The van der Waals surface area contributed by atoms with Crippen molar-refractivity contribution >= 4 is 23.8 Å². The Bertz CT molecular complexity index is 830. The lowest BCUT2D eigenvalue weighted by atomic mass is 10.2. The van der Waals surface area contributed by atoms with Crippen molar-refractivity contribution in [2.45, 2.75) is 38.5 Å². The van der Waals surface area contributed by atoms with Gasteiger partial charge in [-0.2, -0.15) is 0 Å². The number of benzene rings is 1. The van der Waals surface area contributed by atoms with Crippen molar-refractivity contribution < 1.29 is 19.1 Å². The Morgan fingerprint density at radius 1 is 1.10 bits per heavy atom. The van der Waals surface area contributed by atoms with Gasteiger partial charge in [0.15, 0.2) is 5.16 Å². The number of nitrogens with one attached hydrogen (secondary N) is 2. The van der Waals surface area contributed by atoms with Crippen LogP contribution in [0.2, 0.25) is 0 Å². The first kappa shape index (κ1) is 22.5. The number of carbonyl (C=O) groups excluding carboxylic acids is 2. The van der Waals surface area contributed by atoms with Gasteiger partial charge in [-0.1, -0.05) is 11.8 Å². The van der Waals surface area contributed by atoms with Crippen LogP contribution in [0.15, 0.2) is 29.4 Å². The number of methoxy groups -OCH3 is 1. The van der Waals surface area contributed by atoms with Gasteiger partial charge in [0.2, 0.25) is 5.91 Å². The Morgan fingerprint density at radius 3 is 2.38 bits per heavy atom. The molecule has 1 aromatic heterocycles. The van der Waals surface area contributed by atoms with Crippen molar-refractivity contribution in [1.29, 1.82) is 0 Å². The molecule has 2 aromatic rings. The Morgan fingerprint density at radius 2 is 1.76 bits per heavy atom. The van der Waals surface area contributed by atoms with Crippen LogP contribution in [0.4, 0.5) is 4.79 Å². The van der Waals surface area contributed by atoms with E-state index in [1.54, 1.807) is 27.9 Å². The van der Waals surface area contributed by atoms with Gasteiger partial charge in [0, 0.05) is 18.8 Å². The number of carbonyl (C=O) groups is 2. The van der Waals surface area contributed by atoms with Gasteiger partial charge in [-0.3, -0.25) is 9.36 Å². The Balaban J connectivity index is 1.81. The number of aromatic nitrogens is 3. The minimum Gasteiger partial charge on any atom is -0.497 e. The summed E-state index contributed by atoms with van der Waals surface area (Å²) in [6, 6.07) is 7.52. The molecule has 10 heteroatoms. The van der Waals surface area contributed by atoms with Gasteiger partial charge < -0.3 is 20.1 Å². The van der Waals surface area contributed by atoms with Gasteiger partial charge in [-0.15, -0.1) is 10.2 Å². The summed E-state index contributed by atoms with van der Waals surface area (Å²) >= 11 is 1.29. The van der Waals surface area contributed by atoms with E-state index in [9.17, 15) is 9.59 Å². The van der Waals surface area contributed by atoms with Gasteiger partial charge in [-0.25, -0.2) is 4.79 Å². The Kier molecular flexibility index (Phi) is 7.89. The number of nitrogens with zero attached hydrogens (tertiary/aromatic N) is 3. The standard InChI is InChI=1S/C19H27N5O4S/c1-13-22-23-17(24(13)14-6-8-15(27-5)9-7-14)29-12-16(25)20-10-11-21-18(26)28-19(2,3)4/h6-9H,10-12H2,1-5H3,(H,20,25)(H,21,26). The van der Waals surface area contributed by atoms with E-state index in [1.807, 2.05) is 35.8 Å². The van der Waals surface area contributed by atoms with Crippen molar-refractivity contribution in [3.05, 3.63) is 30.1 Å². The number of hydrogen-bond donors (Lipinski definition) is 2. The summed E-state index contributed by atoms with van der Waals surface area (Å²) in [6.07, 6.45) is -0.510. The highest BCUT2D eigenvalue weighted by Crippen LogP contribution is 2.23. The lowest BCUT2D eigenvalue weighted by molar-refractivity contribution is -0.118. The van der Waals surface area contributed by atoms with E-state index in [4.69, 9.17) is 9.47 Å². The van der Waals surface area contributed by atoms with Gasteiger partial charge in [-0.05, 0) is 52.0 Å². The molecule has 0 unspecified atom stereocenters. The fourth-order valence-electron chi connectivity index (χ4n) is 2.33. The maximum atomic E-state index is 12.1. The molecule has 1 heterocycles. The third-order valence-electron chi connectivity index (χ3n) is 3.57. The van der Waals surface area contributed by atoms with Crippen LogP contribution in [0.25, 0.3) is 5.69 Å². The molecule has 0 radical (unpaired) electrons. The van der Waals surface area contributed by atoms with Crippen molar-refractivity contribution in [2.75, 3.05) is 26.0 Å². The third-order valence-corrected chi connectivity index (χ3v) is 4.50. The maximum absolute atomic E-state index is 12.1. The lowest BCUT2D eigenvalue weighted by Gasteiger charge is -2.19. The quantitative estimate of drug-likeness (QED) is 0.497. The zero-order chi connectivity index (χ0) is 21.4. The van der Waals surface area contributed by atoms with Crippen LogP contribution in [0, 0.1) is 6.92 Å². The summed E-state index contributed by atoms with van der Waals surface area (Å²) in [6.45, 7) is 7.81. The first-order valence-corrected chi connectivity index (χ1v) is 10.1. The van der Waals surface area contributed by atoms with Crippen LogP contribution in [0.3, 0.4) is 0 Å². The molecule has 0 aliphatic rings. The topological polar surface area (TPSA) is 107 Å². The summed E-state index contributed by atoms with van der Waals surface area (Å²) in [7, 11) is 1.61. The number of aryl methyl sites for hydroxylation is 1. The van der Waals surface area contributed by atoms with Gasteiger partial charge in [0.1, 0.15) is 17.2 Å². The molecular formula is C19H27N5O4S. The van der Waals surface area contributed by atoms with E-state index < -0.39 is 11.7 Å². The van der Waals surface area contributed by atoms with E-state index in [0.717, 1.165) is 17.3 Å². The molecule has 158 valence electrons. The molecule has 2 rings (SSSR count). The summed E-state index contributed by atoms with van der Waals surface area (Å²) in [4.78, 5) is 23.6. The molecule has 2 amide bonds. The predicted octanol–water partition coefficient (Wildman–Crippen LogP) is 2.32. The third kappa shape index (κ3) is 7.30. The van der Waals surface area contributed by atoms with Gasteiger partial charge in [0.25, 0.3) is 0 Å². The first-order chi connectivity index (χ1) is 13.7. The zero-order valence-corrected chi connectivity index (χ0v) is 18.1. The molecule has 2 N–H and O–H groups in total. The molecular weight excluding hydrogens is 394 g/mol. The highest BCUT2D eigenvalue weighted by molar-refractivity contribution is 7.99. The Labute approximate surface area is 174 Å². The highest BCUT2D eigenvalue weighted by Gasteiger charge is 2.16. The first-order valence-electron chi connectivity index (χ1n) is 9.12. The maximum Gasteiger partial charge on any atom is 0.407 e. The van der Waals surface area contributed by atoms with Gasteiger partial charge >= 0.3 is 6.09 Å². The summed E-state index contributed by atoms with van der Waals surface area (Å²) in [5.74, 6) is 1.50. The van der Waals surface area contributed by atoms with Crippen molar-refractivity contribution in [3.8, 4) is 11.4 Å². The lowest BCUT2D eigenvalue weighted by Crippen LogP contribution is -2.38. The number of amides is 2. The summed E-state index contributed by atoms with van der Waals surface area (Å²) in [5.41, 5.74) is 0.333. The number of hydrogen-bond acceptors (Lipinski definition) is 7. The highest BCUT2D eigenvalue weighted by atomic mass is 32.2. The second kappa shape index (κ2) is 10.1. The van der Waals surface area contributed by atoms with Crippen LogP contribution in [0.5, 0.6) is 5.75 Å². The van der Waals surface area contributed by atoms with Gasteiger partial charge in [0.05, 0.1) is 12.9 Å². The fraction of sp³-hybridized carbons (Fsp3) is 0.474. The van der Waals surface area contributed by atoms with Crippen LogP contribution >= 0.6 is 11.8 Å². The average Bonchev–Trinajstić information content (AvgIpc) is 3.02. The second-order valence-corrected chi connectivity index (χ2v) is 8.07. The minimum atomic E-state index is -0.554. The fourth-order valence-corrected chi connectivity index (χ4v) is 3.15. The normalized spacial score (nSPS) is 11.1. The molecule has 9 nitrogen and oxygen atoms in total. The molecule has 0 aliphatic carbocycles. The Hall–Kier alpha value is -2.75. The average molecular weight is 422 g/mol. The molecule has 0 bridgehead atoms. The molecule has 0 saturated carbocycles. The van der Waals surface area contributed by atoms with E-state index in [-0.39, 0.29) is 18.2 Å². The smallest absolute Gasteiger partial charge is 0.407 e. The van der Waals surface area contributed by atoms with Crippen molar-refractivity contribution in [3.63, 3.8) is 0 Å². The van der Waals surface area contributed by atoms with E-state index >= 15 is 0 Å². The molecule has 0 aliphatic heterocycles. The zero-order valence-electron chi connectivity index (χ0n) is 17.3. The summed E-state index contributed by atoms with van der Waals surface area (Å²) < 4.78 is 12.2. The van der Waals surface area contributed by atoms with Crippen LogP contribution in [-0.2, 0) is 9.53 Å². The molecule has 1 aromatic carbocycles. The number of rotatable bonds is 8. The number of thioether (sulfide) groups is 1.